The minimum Gasteiger partial charge on any atom is -0.444 e. The standard InChI is InChI=1S/C35H39N5O5/c1-35(2,3)45-34(44)37-29(32(42)38-16-8-11-24(38)19-36)21-39-25-17-30(33(39)43)40(20-25)31(41)18-28-26-12-6-4-9-22(26)14-15-23-10-5-7-13-27(23)28/h4-7,9-10,12-15,24-25,28-30H,8,11,16-18,20-21H2,1-3H3,(H,37,44)/t24-,25-,29-,30-/m0/s1. The van der Waals surface area contributed by atoms with Crippen LogP contribution in [0, 0.1) is 11.3 Å². The minimum absolute atomic E-state index is 0.0518. The molecule has 4 amide bonds. The number of hydrogen-bond acceptors (Lipinski definition) is 6. The fourth-order valence-corrected chi connectivity index (χ4v) is 7.18. The number of nitrogens with one attached hydrogen (secondary N) is 1. The quantitative estimate of drug-likeness (QED) is 0.530. The van der Waals surface area contributed by atoms with Crippen LogP contribution in [0.5, 0.6) is 0 Å². The van der Waals surface area contributed by atoms with Crippen molar-refractivity contribution in [2.45, 2.75) is 82.1 Å². The molecule has 0 unspecified atom stereocenters. The summed E-state index contributed by atoms with van der Waals surface area (Å²) < 4.78 is 5.42. The number of benzene rings is 2. The third-order valence-electron chi connectivity index (χ3n) is 9.23. The predicted octanol–water partition coefficient (Wildman–Crippen LogP) is 3.91. The van der Waals surface area contributed by atoms with E-state index in [0.717, 1.165) is 22.3 Å². The molecule has 0 saturated carbocycles. The highest BCUT2D eigenvalue weighted by Crippen LogP contribution is 2.39. The second-order valence-corrected chi connectivity index (χ2v) is 13.3. The number of nitrogens with zero attached hydrogens (tertiary/aromatic N) is 4. The van der Waals surface area contributed by atoms with Crippen LogP contribution in [0.3, 0.4) is 0 Å². The molecule has 6 rings (SSSR count). The Balaban J connectivity index is 1.18. The first-order chi connectivity index (χ1) is 21.5. The Hall–Kier alpha value is -4.65. The topological polar surface area (TPSA) is 123 Å². The van der Waals surface area contributed by atoms with Crippen LogP contribution in [0.1, 0.15) is 74.6 Å². The zero-order chi connectivity index (χ0) is 31.9. The predicted molar refractivity (Wildman–Crippen MR) is 167 cm³/mol. The van der Waals surface area contributed by atoms with Crippen molar-refractivity contribution < 1.29 is 23.9 Å². The van der Waals surface area contributed by atoms with Crippen molar-refractivity contribution in [3.8, 4) is 6.07 Å². The van der Waals surface area contributed by atoms with Crippen molar-refractivity contribution in [3.05, 3.63) is 70.8 Å². The van der Waals surface area contributed by atoms with E-state index < -0.39 is 35.7 Å². The lowest BCUT2D eigenvalue weighted by molar-refractivity contribution is -0.147. The average molecular weight is 610 g/mol. The van der Waals surface area contributed by atoms with Crippen LogP contribution in [0.15, 0.2) is 48.5 Å². The summed E-state index contributed by atoms with van der Waals surface area (Å²) in [5, 5.41) is 12.2. The third kappa shape index (κ3) is 6.04. The molecule has 10 nitrogen and oxygen atoms in total. The molecule has 3 saturated heterocycles. The highest BCUT2D eigenvalue weighted by Gasteiger charge is 2.52. The average Bonchev–Trinajstić information content (AvgIpc) is 3.71. The first kappa shape index (κ1) is 30.4. The SMILES string of the molecule is CC(C)(C)OC(=O)N[C@@H](CN1C(=O)[C@@H]2C[C@H]1CN2C(=O)CC1c2ccccc2C=Cc2ccccc21)C(=O)N1CCC[C@H]1C#N. The molecule has 0 aromatic heterocycles. The van der Waals surface area contributed by atoms with Crippen LogP contribution in [0.25, 0.3) is 12.2 Å². The van der Waals surface area contributed by atoms with Crippen LogP contribution in [0.4, 0.5) is 4.79 Å². The van der Waals surface area contributed by atoms with Gasteiger partial charge in [0.15, 0.2) is 0 Å². The summed E-state index contributed by atoms with van der Waals surface area (Å²) in [6.07, 6.45) is 5.38. The number of carbonyl (C=O) groups is 4. The first-order valence-electron chi connectivity index (χ1n) is 15.7. The lowest BCUT2D eigenvalue weighted by Gasteiger charge is -2.37. The van der Waals surface area contributed by atoms with Gasteiger partial charge in [0, 0.05) is 25.4 Å². The maximum absolute atomic E-state index is 13.9. The summed E-state index contributed by atoms with van der Waals surface area (Å²) in [6.45, 7) is 5.91. The van der Waals surface area contributed by atoms with E-state index in [1.165, 1.54) is 4.90 Å². The van der Waals surface area contributed by atoms with Gasteiger partial charge in [-0.3, -0.25) is 14.4 Å². The van der Waals surface area contributed by atoms with Gasteiger partial charge < -0.3 is 24.8 Å². The molecule has 3 aliphatic heterocycles. The number of likely N-dealkylation sites (tertiary alicyclic amines) is 3. The molecule has 45 heavy (non-hydrogen) atoms. The van der Waals surface area contributed by atoms with Gasteiger partial charge in [0.1, 0.15) is 23.7 Å². The molecular formula is C35H39N5O5. The summed E-state index contributed by atoms with van der Waals surface area (Å²) in [5.74, 6) is -0.878. The summed E-state index contributed by atoms with van der Waals surface area (Å²) in [4.78, 5) is 58.8. The molecular weight excluding hydrogens is 570 g/mol. The molecule has 1 aliphatic carbocycles. The summed E-state index contributed by atoms with van der Waals surface area (Å²) in [7, 11) is 0. The lowest BCUT2D eigenvalue weighted by Crippen LogP contribution is -2.59. The zero-order valence-corrected chi connectivity index (χ0v) is 25.9. The van der Waals surface area contributed by atoms with Crippen molar-refractivity contribution >= 4 is 36.0 Å². The van der Waals surface area contributed by atoms with Gasteiger partial charge in [0.25, 0.3) is 0 Å². The normalized spacial score (nSPS) is 22.8. The molecule has 2 bridgehead atoms. The molecule has 2 aromatic rings. The number of amides is 4. The van der Waals surface area contributed by atoms with E-state index in [2.05, 4.69) is 47.8 Å². The zero-order valence-electron chi connectivity index (χ0n) is 25.9. The largest absolute Gasteiger partial charge is 0.444 e. The van der Waals surface area contributed by atoms with E-state index >= 15 is 0 Å². The van der Waals surface area contributed by atoms with E-state index in [1.54, 1.807) is 30.6 Å². The number of piperazine rings is 1. The van der Waals surface area contributed by atoms with Crippen LogP contribution >= 0.6 is 0 Å². The molecule has 234 valence electrons. The smallest absolute Gasteiger partial charge is 0.408 e. The van der Waals surface area contributed by atoms with Crippen molar-refractivity contribution in [1.29, 1.82) is 5.26 Å². The molecule has 4 atom stereocenters. The van der Waals surface area contributed by atoms with Crippen molar-refractivity contribution in [2.24, 2.45) is 0 Å². The molecule has 0 spiro atoms. The van der Waals surface area contributed by atoms with Crippen molar-refractivity contribution in [3.63, 3.8) is 0 Å². The molecule has 0 radical (unpaired) electrons. The number of rotatable bonds is 6. The Morgan fingerprint density at radius 1 is 1.02 bits per heavy atom. The van der Waals surface area contributed by atoms with Gasteiger partial charge in [-0.05, 0) is 62.3 Å². The van der Waals surface area contributed by atoms with Gasteiger partial charge in [-0.15, -0.1) is 0 Å². The fourth-order valence-electron chi connectivity index (χ4n) is 7.18. The van der Waals surface area contributed by atoms with Gasteiger partial charge >= 0.3 is 6.09 Å². The summed E-state index contributed by atoms with van der Waals surface area (Å²) in [6, 6.07) is 15.8. The van der Waals surface area contributed by atoms with Crippen LogP contribution < -0.4 is 5.32 Å². The van der Waals surface area contributed by atoms with E-state index in [4.69, 9.17) is 4.74 Å². The van der Waals surface area contributed by atoms with E-state index in [0.29, 0.717) is 32.4 Å². The number of ether oxygens (including phenoxy) is 1. The van der Waals surface area contributed by atoms with Crippen LogP contribution in [-0.2, 0) is 19.1 Å². The summed E-state index contributed by atoms with van der Waals surface area (Å²) >= 11 is 0. The second kappa shape index (κ2) is 12.0. The Bertz CT molecular complexity index is 1540. The first-order valence-corrected chi connectivity index (χ1v) is 15.7. The Morgan fingerprint density at radius 3 is 2.27 bits per heavy atom. The fraction of sp³-hybridized carbons (Fsp3) is 0.457. The van der Waals surface area contributed by atoms with E-state index in [9.17, 15) is 24.4 Å². The molecule has 3 heterocycles. The van der Waals surface area contributed by atoms with Gasteiger partial charge in [-0.2, -0.15) is 5.26 Å². The summed E-state index contributed by atoms with van der Waals surface area (Å²) in [5.41, 5.74) is 3.52. The van der Waals surface area contributed by atoms with Crippen LogP contribution in [0.2, 0.25) is 0 Å². The van der Waals surface area contributed by atoms with Gasteiger partial charge in [-0.25, -0.2) is 4.79 Å². The maximum atomic E-state index is 13.9. The number of hydrogen-bond donors (Lipinski definition) is 1. The second-order valence-electron chi connectivity index (χ2n) is 13.3. The minimum atomic E-state index is -1.08. The van der Waals surface area contributed by atoms with Crippen molar-refractivity contribution in [1.82, 2.24) is 20.0 Å². The Morgan fingerprint density at radius 2 is 1.67 bits per heavy atom. The Kier molecular flexibility index (Phi) is 8.12. The number of fused-ring (bicyclic) bond motifs is 4. The van der Waals surface area contributed by atoms with Gasteiger partial charge in [-0.1, -0.05) is 60.7 Å². The number of carbonyl (C=O) groups excluding carboxylic acids is 4. The monoisotopic (exact) mass is 609 g/mol. The Labute approximate surface area is 263 Å². The van der Waals surface area contributed by atoms with E-state index in [-0.39, 0.29) is 36.7 Å². The van der Waals surface area contributed by atoms with E-state index in [1.807, 2.05) is 24.3 Å². The molecule has 3 fully saturated rings. The number of nitriles is 1. The molecule has 2 aromatic carbocycles. The lowest BCUT2D eigenvalue weighted by atomic mass is 9.85. The molecule has 4 aliphatic rings. The van der Waals surface area contributed by atoms with Crippen molar-refractivity contribution in [2.75, 3.05) is 19.6 Å². The third-order valence-corrected chi connectivity index (χ3v) is 9.23. The van der Waals surface area contributed by atoms with Crippen LogP contribution in [-0.4, -0.2) is 87.9 Å². The highest BCUT2D eigenvalue weighted by atomic mass is 16.6. The van der Waals surface area contributed by atoms with Gasteiger partial charge in [0.2, 0.25) is 17.7 Å². The highest BCUT2D eigenvalue weighted by molar-refractivity contribution is 5.93. The van der Waals surface area contributed by atoms with Gasteiger partial charge in [0.05, 0.1) is 18.7 Å². The number of alkyl carbamates (subject to hydrolysis) is 1. The molecule has 1 N–H and O–H groups in total. The molecule has 10 heteroatoms. The maximum Gasteiger partial charge on any atom is 0.408 e.